The highest BCUT2D eigenvalue weighted by Gasteiger charge is 2.33. The average molecular weight is 280 g/mol. The van der Waals surface area contributed by atoms with Gasteiger partial charge in [0.2, 0.25) is 0 Å². The summed E-state index contributed by atoms with van der Waals surface area (Å²) >= 11 is 0. The van der Waals surface area contributed by atoms with Gasteiger partial charge in [0.1, 0.15) is 0 Å². The van der Waals surface area contributed by atoms with Gasteiger partial charge in [0.05, 0.1) is 0 Å². The van der Waals surface area contributed by atoms with Gasteiger partial charge in [0.15, 0.2) is 0 Å². The molecule has 0 radical (unpaired) electrons. The van der Waals surface area contributed by atoms with Crippen molar-refractivity contribution in [1.82, 2.24) is 10.2 Å². The van der Waals surface area contributed by atoms with E-state index in [9.17, 15) is 0 Å². The first-order chi connectivity index (χ1) is 10.4. The van der Waals surface area contributed by atoms with Crippen LogP contribution < -0.4 is 5.32 Å². The maximum atomic E-state index is 3.36. The van der Waals surface area contributed by atoms with Crippen LogP contribution in [0.25, 0.3) is 0 Å². The molecule has 0 spiro atoms. The molecule has 2 atom stereocenters. The molecular formula is C19H24N2. The van der Waals surface area contributed by atoms with Crippen molar-refractivity contribution in [2.75, 3.05) is 13.6 Å². The quantitative estimate of drug-likeness (QED) is 0.900. The molecule has 0 aromatic heterocycles. The highest BCUT2D eigenvalue weighted by molar-refractivity contribution is 5.22. The standard InChI is InChI=1S/C19H24N2/c1-20-14-18-12-13-19(17-10-6-3-7-11-17)21(18)15-16-8-4-2-5-9-16/h2-11,18-20H,12-15H2,1H3/t18-,19+/m0/s1. The third-order valence-electron chi connectivity index (χ3n) is 4.47. The number of likely N-dealkylation sites (tertiary alicyclic amines) is 1. The first-order valence-electron chi connectivity index (χ1n) is 7.87. The maximum Gasteiger partial charge on any atom is 0.0355 e. The lowest BCUT2D eigenvalue weighted by atomic mass is 10.0. The summed E-state index contributed by atoms with van der Waals surface area (Å²) in [5, 5.41) is 3.36. The van der Waals surface area contributed by atoms with Crippen LogP contribution in [0.1, 0.15) is 30.0 Å². The first-order valence-corrected chi connectivity index (χ1v) is 7.87. The van der Waals surface area contributed by atoms with Crippen LogP contribution >= 0.6 is 0 Å². The Morgan fingerprint density at radius 1 is 0.952 bits per heavy atom. The molecule has 2 heteroatoms. The Morgan fingerprint density at radius 3 is 2.29 bits per heavy atom. The van der Waals surface area contributed by atoms with Gasteiger partial charge in [-0.25, -0.2) is 0 Å². The van der Waals surface area contributed by atoms with E-state index in [2.05, 4.69) is 77.9 Å². The normalized spacial score (nSPS) is 22.5. The van der Waals surface area contributed by atoms with E-state index in [4.69, 9.17) is 0 Å². The number of benzene rings is 2. The van der Waals surface area contributed by atoms with Gasteiger partial charge in [0, 0.05) is 25.2 Å². The largest absolute Gasteiger partial charge is 0.318 e. The van der Waals surface area contributed by atoms with Gasteiger partial charge < -0.3 is 5.32 Å². The zero-order valence-electron chi connectivity index (χ0n) is 12.7. The van der Waals surface area contributed by atoms with Crippen LogP contribution in [0.3, 0.4) is 0 Å². The molecule has 0 saturated carbocycles. The molecule has 1 fully saturated rings. The second kappa shape index (κ2) is 6.88. The van der Waals surface area contributed by atoms with Crippen molar-refractivity contribution in [2.24, 2.45) is 0 Å². The molecule has 1 heterocycles. The Hall–Kier alpha value is -1.64. The highest BCUT2D eigenvalue weighted by atomic mass is 15.2. The molecule has 1 saturated heterocycles. The Balaban J connectivity index is 1.82. The topological polar surface area (TPSA) is 15.3 Å². The third-order valence-corrected chi connectivity index (χ3v) is 4.47. The van der Waals surface area contributed by atoms with E-state index in [0.29, 0.717) is 12.1 Å². The number of nitrogens with zero attached hydrogens (tertiary/aromatic N) is 1. The summed E-state index contributed by atoms with van der Waals surface area (Å²) in [5.41, 5.74) is 2.86. The fourth-order valence-corrected chi connectivity index (χ4v) is 3.46. The summed E-state index contributed by atoms with van der Waals surface area (Å²) in [4.78, 5) is 2.67. The van der Waals surface area contributed by atoms with Gasteiger partial charge in [-0.1, -0.05) is 60.7 Å². The van der Waals surface area contributed by atoms with Gasteiger partial charge in [-0.2, -0.15) is 0 Å². The Morgan fingerprint density at radius 2 is 1.62 bits per heavy atom. The van der Waals surface area contributed by atoms with Crippen LogP contribution in [-0.4, -0.2) is 24.5 Å². The second-order valence-corrected chi connectivity index (χ2v) is 5.87. The van der Waals surface area contributed by atoms with Crippen molar-refractivity contribution in [2.45, 2.75) is 31.5 Å². The van der Waals surface area contributed by atoms with E-state index in [1.54, 1.807) is 0 Å². The van der Waals surface area contributed by atoms with Crippen LogP contribution in [0.15, 0.2) is 60.7 Å². The van der Waals surface area contributed by atoms with E-state index in [-0.39, 0.29) is 0 Å². The van der Waals surface area contributed by atoms with Gasteiger partial charge in [-0.05, 0) is 31.0 Å². The molecule has 2 nitrogen and oxygen atoms in total. The number of hydrogen-bond donors (Lipinski definition) is 1. The number of nitrogens with one attached hydrogen (secondary N) is 1. The number of likely N-dealkylation sites (N-methyl/N-ethyl adjacent to an activating group) is 1. The van der Waals surface area contributed by atoms with Crippen LogP contribution in [-0.2, 0) is 6.54 Å². The Labute approximate surface area is 127 Å². The minimum absolute atomic E-state index is 0.546. The van der Waals surface area contributed by atoms with Crippen molar-refractivity contribution < 1.29 is 0 Å². The molecular weight excluding hydrogens is 256 g/mol. The molecule has 2 aromatic carbocycles. The van der Waals surface area contributed by atoms with Crippen molar-refractivity contribution in [3.8, 4) is 0 Å². The summed E-state index contributed by atoms with van der Waals surface area (Å²) in [6.45, 7) is 2.10. The number of rotatable bonds is 5. The van der Waals surface area contributed by atoms with Gasteiger partial charge in [-0.3, -0.25) is 4.90 Å². The predicted octanol–water partition coefficient (Wildman–Crippen LogP) is 3.61. The van der Waals surface area contributed by atoms with E-state index >= 15 is 0 Å². The number of hydrogen-bond acceptors (Lipinski definition) is 2. The summed E-state index contributed by atoms with van der Waals surface area (Å²) in [5.74, 6) is 0. The van der Waals surface area contributed by atoms with E-state index < -0.39 is 0 Å². The Bertz CT molecular complexity index is 538. The molecule has 1 N–H and O–H groups in total. The van der Waals surface area contributed by atoms with Gasteiger partial charge in [0.25, 0.3) is 0 Å². The lowest BCUT2D eigenvalue weighted by molar-refractivity contribution is 0.182. The average Bonchev–Trinajstić information content (AvgIpc) is 2.92. The summed E-state index contributed by atoms with van der Waals surface area (Å²) in [6.07, 6.45) is 2.52. The zero-order valence-corrected chi connectivity index (χ0v) is 12.7. The fourth-order valence-electron chi connectivity index (χ4n) is 3.46. The Kier molecular flexibility index (Phi) is 4.69. The summed E-state index contributed by atoms with van der Waals surface area (Å²) in [6, 6.07) is 22.9. The van der Waals surface area contributed by atoms with E-state index in [1.807, 2.05) is 0 Å². The lowest BCUT2D eigenvalue weighted by Crippen LogP contribution is -2.37. The lowest BCUT2D eigenvalue weighted by Gasteiger charge is -2.30. The molecule has 0 unspecified atom stereocenters. The van der Waals surface area contributed by atoms with Gasteiger partial charge >= 0.3 is 0 Å². The SMILES string of the molecule is CNC[C@@H]1CC[C@H](c2ccccc2)N1Cc1ccccc1. The second-order valence-electron chi connectivity index (χ2n) is 5.87. The van der Waals surface area contributed by atoms with Crippen molar-refractivity contribution in [3.63, 3.8) is 0 Å². The summed E-state index contributed by atoms with van der Waals surface area (Å²) < 4.78 is 0. The molecule has 2 aromatic rings. The van der Waals surface area contributed by atoms with Crippen LogP contribution in [0.4, 0.5) is 0 Å². The maximum absolute atomic E-state index is 3.36. The minimum Gasteiger partial charge on any atom is -0.318 e. The van der Waals surface area contributed by atoms with Gasteiger partial charge in [-0.15, -0.1) is 0 Å². The van der Waals surface area contributed by atoms with Crippen LogP contribution in [0.5, 0.6) is 0 Å². The molecule has 21 heavy (non-hydrogen) atoms. The zero-order chi connectivity index (χ0) is 14.5. The molecule has 0 bridgehead atoms. The molecule has 1 aliphatic rings. The fraction of sp³-hybridized carbons (Fsp3) is 0.368. The minimum atomic E-state index is 0.546. The third kappa shape index (κ3) is 3.34. The molecule has 3 rings (SSSR count). The van der Waals surface area contributed by atoms with E-state index in [0.717, 1.165) is 13.1 Å². The predicted molar refractivity (Wildman–Crippen MR) is 88.1 cm³/mol. The first kappa shape index (κ1) is 14.3. The van der Waals surface area contributed by atoms with Crippen molar-refractivity contribution in [3.05, 3.63) is 71.8 Å². The van der Waals surface area contributed by atoms with Crippen molar-refractivity contribution >= 4 is 0 Å². The highest BCUT2D eigenvalue weighted by Crippen LogP contribution is 2.36. The summed E-state index contributed by atoms with van der Waals surface area (Å²) in [7, 11) is 2.05. The van der Waals surface area contributed by atoms with Crippen LogP contribution in [0, 0.1) is 0 Å². The van der Waals surface area contributed by atoms with Crippen LogP contribution in [0.2, 0.25) is 0 Å². The molecule has 1 aliphatic heterocycles. The molecule has 0 aliphatic carbocycles. The molecule has 0 amide bonds. The smallest absolute Gasteiger partial charge is 0.0355 e. The van der Waals surface area contributed by atoms with E-state index in [1.165, 1.54) is 24.0 Å². The monoisotopic (exact) mass is 280 g/mol. The molecule has 110 valence electrons. The van der Waals surface area contributed by atoms with Crippen molar-refractivity contribution in [1.29, 1.82) is 0 Å².